The molecule has 0 saturated carbocycles. The molecule has 0 N–H and O–H groups in total. The summed E-state index contributed by atoms with van der Waals surface area (Å²) in [5, 5.41) is 0. The number of hydrogen-bond donors (Lipinski definition) is 0. The lowest BCUT2D eigenvalue weighted by Gasteiger charge is -2.47. The van der Waals surface area contributed by atoms with E-state index in [1.165, 1.54) is 52.6 Å². The quantitative estimate of drug-likeness (QED) is 0.534. The van der Waals surface area contributed by atoms with Crippen molar-refractivity contribution in [3.63, 3.8) is 0 Å². The summed E-state index contributed by atoms with van der Waals surface area (Å²) in [7, 11) is 2.35. The summed E-state index contributed by atoms with van der Waals surface area (Å²) in [6.07, 6.45) is 6.41. The number of hydrogen-bond acceptors (Lipinski definition) is 2. The zero-order valence-corrected chi connectivity index (χ0v) is 16.3. The zero-order chi connectivity index (χ0) is 16.5. The van der Waals surface area contributed by atoms with Gasteiger partial charge in [-0.3, -0.25) is 0 Å². The van der Waals surface area contributed by atoms with Gasteiger partial charge in [-0.25, -0.2) is 0 Å². The standard InChI is InChI=1S/C17H40B2N2/c1-9-12-14-20(16(4,5)6)19-17(7,11-3)21(18-8)15-13-10-2/h18-19H,9-15H2,1-8H3. The van der Waals surface area contributed by atoms with E-state index in [4.69, 9.17) is 0 Å². The van der Waals surface area contributed by atoms with Crippen LogP contribution in [0.25, 0.3) is 0 Å². The second kappa shape index (κ2) is 9.94. The van der Waals surface area contributed by atoms with Gasteiger partial charge in [0.25, 0.3) is 0 Å². The van der Waals surface area contributed by atoms with E-state index in [0.29, 0.717) is 5.44 Å². The van der Waals surface area contributed by atoms with Gasteiger partial charge in [-0.15, -0.1) is 0 Å². The van der Waals surface area contributed by atoms with Crippen molar-refractivity contribution < 1.29 is 0 Å². The van der Waals surface area contributed by atoms with Gasteiger partial charge in [0.15, 0.2) is 0 Å². The molecule has 2 nitrogen and oxygen atoms in total. The van der Waals surface area contributed by atoms with Gasteiger partial charge in [-0.1, -0.05) is 47.4 Å². The second-order valence-electron chi connectivity index (χ2n) is 7.73. The highest BCUT2D eigenvalue weighted by atomic mass is 15.2. The van der Waals surface area contributed by atoms with Crippen molar-refractivity contribution in [2.75, 3.05) is 13.1 Å². The van der Waals surface area contributed by atoms with Crippen molar-refractivity contribution in [1.82, 2.24) is 9.62 Å². The number of nitrogens with zero attached hydrogens (tertiary/aromatic N) is 2. The Morgan fingerprint density at radius 1 is 0.810 bits per heavy atom. The van der Waals surface area contributed by atoms with E-state index in [2.05, 4.69) is 64.9 Å². The van der Waals surface area contributed by atoms with E-state index in [9.17, 15) is 0 Å². The van der Waals surface area contributed by atoms with Crippen molar-refractivity contribution in [2.45, 2.75) is 98.4 Å². The molecule has 0 saturated heterocycles. The van der Waals surface area contributed by atoms with Gasteiger partial charge < -0.3 is 9.62 Å². The van der Waals surface area contributed by atoms with Crippen molar-refractivity contribution in [3.05, 3.63) is 0 Å². The summed E-state index contributed by atoms with van der Waals surface area (Å²) in [5.74, 6) is 0. The molecule has 0 rings (SSSR count). The summed E-state index contributed by atoms with van der Waals surface area (Å²) in [6, 6.07) is 0. The van der Waals surface area contributed by atoms with Gasteiger partial charge in [-0.2, -0.15) is 0 Å². The third-order valence-electron chi connectivity index (χ3n) is 4.95. The van der Waals surface area contributed by atoms with E-state index >= 15 is 0 Å². The molecule has 0 fully saturated rings. The second-order valence-corrected chi connectivity index (χ2v) is 7.73. The molecule has 124 valence electrons. The van der Waals surface area contributed by atoms with Crippen LogP contribution in [-0.4, -0.2) is 48.5 Å². The van der Waals surface area contributed by atoms with E-state index in [1.54, 1.807) is 0 Å². The Balaban J connectivity index is 5.00. The van der Waals surface area contributed by atoms with Crippen LogP contribution in [0.2, 0.25) is 6.82 Å². The molecule has 0 spiro atoms. The summed E-state index contributed by atoms with van der Waals surface area (Å²) in [4.78, 5) is 5.41. The lowest BCUT2D eigenvalue weighted by atomic mass is 9.60. The average Bonchev–Trinajstić information content (AvgIpc) is 2.42. The predicted molar refractivity (Wildman–Crippen MR) is 102 cm³/mol. The van der Waals surface area contributed by atoms with Crippen LogP contribution in [0.5, 0.6) is 0 Å². The molecule has 0 bridgehead atoms. The Hall–Kier alpha value is 0.0499. The highest BCUT2D eigenvalue weighted by molar-refractivity contribution is 6.41. The monoisotopic (exact) mass is 294 g/mol. The van der Waals surface area contributed by atoms with Crippen LogP contribution < -0.4 is 0 Å². The minimum Gasteiger partial charge on any atom is -0.345 e. The number of rotatable bonds is 11. The topological polar surface area (TPSA) is 6.48 Å². The molecule has 21 heavy (non-hydrogen) atoms. The van der Waals surface area contributed by atoms with Gasteiger partial charge in [-0.05, 0) is 58.6 Å². The van der Waals surface area contributed by atoms with Crippen LogP contribution >= 0.6 is 0 Å². The first-order valence-corrected chi connectivity index (χ1v) is 9.25. The molecular formula is C17H40B2N2. The molecule has 1 atom stereocenters. The van der Waals surface area contributed by atoms with Gasteiger partial charge in [0.1, 0.15) is 0 Å². The molecule has 0 aromatic heterocycles. The first-order chi connectivity index (χ1) is 9.75. The molecule has 0 amide bonds. The van der Waals surface area contributed by atoms with Gasteiger partial charge in [0.05, 0.1) is 0 Å². The molecule has 0 aliphatic heterocycles. The van der Waals surface area contributed by atoms with Crippen LogP contribution in [0.4, 0.5) is 0 Å². The first kappa shape index (κ1) is 21.0. The van der Waals surface area contributed by atoms with E-state index in [-0.39, 0.29) is 5.54 Å². The molecule has 0 aromatic rings. The summed E-state index contributed by atoms with van der Waals surface area (Å²) >= 11 is 0. The SMILES string of the molecule is CBN(CCCC)C(C)(BN(CCCC)C(C)(C)C)CC. The maximum absolute atomic E-state index is 2.71. The first-order valence-electron chi connectivity index (χ1n) is 9.25. The minimum absolute atomic E-state index is 0.260. The van der Waals surface area contributed by atoms with E-state index in [1.807, 2.05) is 0 Å². The summed E-state index contributed by atoms with van der Waals surface area (Å²) in [5.41, 5.74) is 0.556. The minimum atomic E-state index is 0.260. The van der Waals surface area contributed by atoms with Gasteiger partial charge >= 0.3 is 0 Å². The maximum Gasteiger partial charge on any atom is 0.224 e. The molecular weight excluding hydrogens is 254 g/mol. The highest BCUT2D eigenvalue weighted by Gasteiger charge is 2.35. The zero-order valence-electron chi connectivity index (χ0n) is 16.3. The Morgan fingerprint density at radius 3 is 1.62 bits per heavy atom. The van der Waals surface area contributed by atoms with Crippen molar-refractivity contribution in [1.29, 1.82) is 0 Å². The van der Waals surface area contributed by atoms with Crippen LogP contribution in [0.3, 0.4) is 0 Å². The lowest BCUT2D eigenvalue weighted by molar-refractivity contribution is 0.212. The fraction of sp³-hybridized carbons (Fsp3) is 1.00. The van der Waals surface area contributed by atoms with E-state index in [0.717, 1.165) is 7.41 Å². The Labute approximate surface area is 136 Å². The number of unbranched alkanes of at least 4 members (excludes halogenated alkanes) is 2. The molecule has 0 radical (unpaired) electrons. The molecule has 1 unspecified atom stereocenters. The molecule has 0 aromatic carbocycles. The molecule has 0 heterocycles. The third kappa shape index (κ3) is 7.23. The molecule has 4 heteroatoms. The fourth-order valence-corrected chi connectivity index (χ4v) is 3.01. The third-order valence-corrected chi connectivity index (χ3v) is 4.95. The van der Waals surface area contributed by atoms with E-state index < -0.39 is 0 Å². The van der Waals surface area contributed by atoms with Gasteiger partial charge in [0, 0.05) is 5.54 Å². The molecule has 0 aliphatic carbocycles. The summed E-state index contributed by atoms with van der Waals surface area (Å²) in [6.45, 7) is 21.3. The Kier molecular flexibility index (Phi) is 9.97. The van der Waals surface area contributed by atoms with Gasteiger partial charge in [0.2, 0.25) is 14.8 Å². The van der Waals surface area contributed by atoms with Crippen molar-refractivity contribution in [2.24, 2.45) is 0 Å². The van der Waals surface area contributed by atoms with Crippen LogP contribution in [0.1, 0.15) is 80.6 Å². The van der Waals surface area contributed by atoms with Crippen LogP contribution in [0, 0.1) is 0 Å². The van der Waals surface area contributed by atoms with Crippen LogP contribution in [0.15, 0.2) is 0 Å². The Morgan fingerprint density at radius 2 is 1.29 bits per heavy atom. The lowest BCUT2D eigenvalue weighted by Crippen LogP contribution is -2.60. The smallest absolute Gasteiger partial charge is 0.224 e. The normalized spacial score (nSPS) is 15.3. The fourth-order valence-electron chi connectivity index (χ4n) is 3.01. The highest BCUT2D eigenvalue weighted by Crippen LogP contribution is 2.23. The maximum atomic E-state index is 2.71. The van der Waals surface area contributed by atoms with Crippen molar-refractivity contribution >= 4 is 14.8 Å². The largest absolute Gasteiger partial charge is 0.345 e. The molecule has 0 aliphatic rings. The Bertz CT molecular complexity index is 266. The summed E-state index contributed by atoms with van der Waals surface area (Å²) < 4.78 is 0. The van der Waals surface area contributed by atoms with Crippen LogP contribution in [-0.2, 0) is 0 Å². The average molecular weight is 294 g/mol. The van der Waals surface area contributed by atoms with Crippen molar-refractivity contribution in [3.8, 4) is 0 Å². The predicted octanol–water partition coefficient (Wildman–Crippen LogP) is 3.87.